The fraction of sp³-hybridized carbons (Fsp3) is 0.562. The number of carbonyl (C=O) groups excluding carboxylic acids is 1. The van der Waals surface area contributed by atoms with Gasteiger partial charge >= 0.3 is 0 Å². The Morgan fingerprint density at radius 1 is 1.33 bits per heavy atom. The van der Waals surface area contributed by atoms with Gasteiger partial charge in [0.15, 0.2) is 0 Å². The lowest BCUT2D eigenvalue weighted by atomic mass is 10.0. The number of rotatable bonds is 5. The minimum atomic E-state index is -0.0996. The van der Waals surface area contributed by atoms with E-state index < -0.39 is 0 Å². The average Bonchev–Trinajstić information content (AvgIpc) is 2.92. The maximum Gasteiger partial charge on any atom is 0.255 e. The van der Waals surface area contributed by atoms with E-state index in [1.807, 2.05) is 0 Å². The topological polar surface area (TPSA) is 50.4 Å². The summed E-state index contributed by atoms with van der Waals surface area (Å²) >= 11 is 6.03. The van der Waals surface area contributed by atoms with Crippen LogP contribution in [0.1, 0.15) is 36.0 Å². The fourth-order valence-electron chi connectivity index (χ4n) is 2.79. The molecule has 1 saturated carbocycles. The molecule has 1 saturated heterocycles. The van der Waals surface area contributed by atoms with Crippen molar-refractivity contribution in [3.05, 3.63) is 28.8 Å². The Morgan fingerprint density at radius 3 is 2.76 bits per heavy atom. The van der Waals surface area contributed by atoms with Crippen molar-refractivity contribution in [2.24, 2.45) is 5.92 Å². The molecule has 0 radical (unpaired) electrons. The lowest BCUT2D eigenvalue weighted by molar-refractivity contribution is 0.0935. The number of hydrogen-bond donors (Lipinski definition) is 2. The van der Waals surface area contributed by atoms with E-state index in [0.29, 0.717) is 28.8 Å². The normalized spacial score (nSPS) is 19.3. The molecule has 1 heterocycles. The SMILES string of the molecule is O=C(NCC1CNC1)c1cc(Cl)ccc1OC1CCCC1. The smallest absolute Gasteiger partial charge is 0.255 e. The molecule has 2 fully saturated rings. The second-order valence-electron chi connectivity index (χ2n) is 5.90. The molecule has 0 atom stereocenters. The van der Waals surface area contributed by atoms with Crippen molar-refractivity contribution in [2.45, 2.75) is 31.8 Å². The fourth-order valence-corrected chi connectivity index (χ4v) is 2.97. The molecule has 1 aliphatic carbocycles. The first-order chi connectivity index (χ1) is 10.2. The molecular weight excluding hydrogens is 288 g/mol. The number of ether oxygens (including phenoxy) is 1. The lowest BCUT2D eigenvalue weighted by Gasteiger charge is -2.27. The van der Waals surface area contributed by atoms with E-state index in [1.54, 1.807) is 18.2 Å². The monoisotopic (exact) mass is 308 g/mol. The summed E-state index contributed by atoms with van der Waals surface area (Å²) in [7, 11) is 0. The van der Waals surface area contributed by atoms with Gasteiger partial charge in [0.2, 0.25) is 0 Å². The van der Waals surface area contributed by atoms with Gasteiger partial charge in [-0.3, -0.25) is 4.79 Å². The summed E-state index contributed by atoms with van der Waals surface area (Å²) < 4.78 is 6.00. The molecule has 2 N–H and O–H groups in total. The van der Waals surface area contributed by atoms with Gasteiger partial charge in [-0.2, -0.15) is 0 Å². The molecule has 0 unspecified atom stereocenters. The van der Waals surface area contributed by atoms with E-state index in [1.165, 1.54) is 12.8 Å². The largest absolute Gasteiger partial charge is 0.490 e. The summed E-state index contributed by atoms with van der Waals surface area (Å²) in [6, 6.07) is 5.28. The highest BCUT2D eigenvalue weighted by Gasteiger charge is 2.22. The molecule has 0 spiro atoms. The van der Waals surface area contributed by atoms with Crippen LogP contribution in [0.15, 0.2) is 18.2 Å². The van der Waals surface area contributed by atoms with Gasteiger partial charge in [-0.25, -0.2) is 0 Å². The van der Waals surface area contributed by atoms with Gasteiger partial charge in [-0.15, -0.1) is 0 Å². The standard InChI is InChI=1S/C16H21ClN2O2/c17-12-5-6-15(21-13-3-1-2-4-13)14(7-12)16(20)19-10-11-8-18-9-11/h5-7,11,13,18H,1-4,8-10H2,(H,19,20). The molecule has 21 heavy (non-hydrogen) atoms. The van der Waals surface area contributed by atoms with Crippen LogP contribution in [0.5, 0.6) is 5.75 Å². The highest BCUT2D eigenvalue weighted by molar-refractivity contribution is 6.31. The summed E-state index contributed by atoms with van der Waals surface area (Å²) in [5.74, 6) is 1.08. The first kappa shape index (κ1) is 14.7. The van der Waals surface area contributed by atoms with E-state index in [9.17, 15) is 4.79 Å². The zero-order chi connectivity index (χ0) is 14.7. The van der Waals surface area contributed by atoms with E-state index in [-0.39, 0.29) is 12.0 Å². The number of hydrogen-bond acceptors (Lipinski definition) is 3. The Morgan fingerprint density at radius 2 is 2.10 bits per heavy atom. The van der Waals surface area contributed by atoms with Crippen molar-refractivity contribution in [1.29, 1.82) is 0 Å². The van der Waals surface area contributed by atoms with Crippen LogP contribution in [0.25, 0.3) is 0 Å². The molecule has 1 amide bonds. The van der Waals surface area contributed by atoms with Crippen LogP contribution in [-0.4, -0.2) is 31.6 Å². The molecule has 1 aromatic carbocycles. The Labute approximate surface area is 130 Å². The molecule has 3 rings (SSSR count). The van der Waals surface area contributed by atoms with E-state index in [2.05, 4.69) is 10.6 Å². The minimum absolute atomic E-state index is 0.0996. The van der Waals surface area contributed by atoms with Crippen LogP contribution >= 0.6 is 11.6 Å². The van der Waals surface area contributed by atoms with Gasteiger partial charge in [0.25, 0.3) is 5.91 Å². The summed E-state index contributed by atoms with van der Waals surface area (Å²) in [6.45, 7) is 2.64. The maximum absolute atomic E-state index is 12.4. The van der Waals surface area contributed by atoms with Gasteiger partial charge in [0.05, 0.1) is 11.7 Å². The van der Waals surface area contributed by atoms with Crippen molar-refractivity contribution in [1.82, 2.24) is 10.6 Å². The highest BCUT2D eigenvalue weighted by Crippen LogP contribution is 2.28. The first-order valence-corrected chi connectivity index (χ1v) is 8.05. The van der Waals surface area contributed by atoms with Crippen LogP contribution in [0.4, 0.5) is 0 Å². The third-order valence-corrected chi connectivity index (χ3v) is 4.43. The van der Waals surface area contributed by atoms with E-state index in [4.69, 9.17) is 16.3 Å². The molecule has 0 aromatic heterocycles. The van der Waals surface area contributed by atoms with Gasteiger partial charge in [0.1, 0.15) is 5.75 Å². The molecule has 2 aliphatic rings. The van der Waals surface area contributed by atoms with Crippen molar-refractivity contribution < 1.29 is 9.53 Å². The second-order valence-corrected chi connectivity index (χ2v) is 6.34. The Hall–Kier alpha value is -1.26. The predicted octanol–water partition coefficient (Wildman–Crippen LogP) is 2.61. The van der Waals surface area contributed by atoms with Crippen LogP contribution in [-0.2, 0) is 0 Å². The average molecular weight is 309 g/mol. The van der Waals surface area contributed by atoms with Crippen LogP contribution < -0.4 is 15.4 Å². The Balaban J connectivity index is 1.68. The van der Waals surface area contributed by atoms with Crippen LogP contribution in [0.2, 0.25) is 5.02 Å². The van der Waals surface area contributed by atoms with Gasteiger partial charge in [0, 0.05) is 30.6 Å². The third-order valence-electron chi connectivity index (χ3n) is 4.20. The summed E-state index contributed by atoms with van der Waals surface area (Å²) in [5, 5.41) is 6.73. The summed E-state index contributed by atoms with van der Waals surface area (Å²) in [5.41, 5.74) is 0.543. The molecular formula is C16H21ClN2O2. The molecule has 5 heteroatoms. The number of carbonyl (C=O) groups is 1. The van der Waals surface area contributed by atoms with Crippen LogP contribution in [0.3, 0.4) is 0 Å². The number of benzene rings is 1. The minimum Gasteiger partial charge on any atom is -0.490 e. The molecule has 1 aliphatic heterocycles. The van der Waals surface area contributed by atoms with Crippen molar-refractivity contribution in [3.8, 4) is 5.75 Å². The Bertz CT molecular complexity index is 511. The molecule has 114 valence electrons. The zero-order valence-electron chi connectivity index (χ0n) is 12.0. The number of amides is 1. The zero-order valence-corrected chi connectivity index (χ0v) is 12.8. The number of halogens is 1. The number of nitrogens with one attached hydrogen (secondary N) is 2. The predicted molar refractivity (Wildman–Crippen MR) is 83.0 cm³/mol. The maximum atomic E-state index is 12.4. The second kappa shape index (κ2) is 6.67. The molecule has 4 nitrogen and oxygen atoms in total. The van der Waals surface area contributed by atoms with Crippen molar-refractivity contribution in [3.63, 3.8) is 0 Å². The van der Waals surface area contributed by atoms with E-state index in [0.717, 1.165) is 25.9 Å². The van der Waals surface area contributed by atoms with Crippen LogP contribution in [0, 0.1) is 5.92 Å². The van der Waals surface area contributed by atoms with Gasteiger partial charge in [-0.05, 0) is 43.9 Å². The van der Waals surface area contributed by atoms with Crippen molar-refractivity contribution >= 4 is 17.5 Å². The molecule has 0 bridgehead atoms. The highest BCUT2D eigenvalue weighted by atomic mass is 35.5. The van der Waals surface area contributed by atoms with Crippen molar-refractivity contribution in [2.75, 3.05) is 19.6 Å². The van der Waals surface area contributed by atoms with Gasteiger partial charge in [-0.1, -0.05) is 11.6 Å². The lowest BCUT2D eigenvalue weighted by Crippen LogP contribution is -2.48. The molecule has 1 aromatic rings. The quantitative estimate of drug-likeness (QED) is 0.879. The van der Waals surface area contributed by atoms with E-state index >= 15 is 0 Å². The Kier molecular flexibility index (Phi) is 4.66. The summed E-state index contributed by atoms with van der Waals surface area (Å²) in [4.78, 5) is 12.4. The third kappa shape index (κ3) is 3.69. The first-order valence-electron chi connectivity index (χ1n) is 7.67. The summed E-state index contributed by atoms with van der Waals surface area (Å²) in [6.07, 6.45) is 4.77. The van der Waals surface area contributed by atoms with Gasteiger partial charge < -0.3 is 15.4 Å².